The second-order valence-electron chi connectivity index (χ2n) is 8.94. The van der Waals surface area contributed by atoms with Crippen LogP contribution in [0, 0.1) is 5.92 Å². The van der Waals surface area contributed by atoms with Crippen LogP contribution in [0.25, 0.3) is 22.3 Å². The number of hydrogen-bond acceptors (Lipinski definition) is 4. The van der Waals surface area contributed by atoms with Crippen molar-refractivity contribution in [1.29, 1.82) is 0 Å². The summed E-state index contributed by atoms with van der Waals surface area (Å²) in [4.78, 5) is 25.0. The summed E-state index contributed by atoms with van der Waals surface area (Å²) in [5.74, 6) is 1.61. The van der Waals surface area contributed by atoms with Crippen molar-refractivity contribution in [3.8, 4) is 11.4 Å². The monoisotopic (exact) mass is 411 g/mol. The van der Waals surface area contributed by atoms with Crippen molar-refractivity contribution in [2.75, 3.05) is 13.1 Å². The quantitative estimate of drug-likeness (QED) is 0.518. The van der Waals surface area contributed by atoms with Gasteiger partial charge in [-0.2, -0.15) is 0 Å². The number of imidazole rings is 1. The van der Waals surface area contributed by atoms with E-state index in [1.54, 1.807) is 6.20 Å². The van der Waals surface area contributed by atoms with E-state index in [-0.39, 0.29) is 5.56 Å². The topological polar surface area (TPSA) is 56.0 Å². The number of nitrogens with zero attached hydrogens (tertiary/aromatic N) is 5. The Morgan fingerprint density at radius 2 is 1.94 bits per heavy atom. The average molecular weight is 412 g/mol. The van der Waals surface area contributed by atoms with Crippen molar-refractivity contribution >= 4 is 10.9 Å². The van der Waals surface area contributed by atoms with Crippen LogP contribution in [0.2, 0.25) is 0 Å². The first-order valence-corrected chi connectivity index (χ1v) is 10.9. The fourth-order valence-corrected chi connectivity index (χ4v) is 5.39. The summed E-state index contributed by atoms with van der Waals surface area (Å²) in [5.41, 5.74) is 4.10. The predicted octanol–water partition coefficient (Wildman–Crippen LogP) is 3.42. The normalized spacial score (nSPS) is 20.7. The number of pyridine rings is 2. The van der Waals surface area contributed by atoms with E-state index >= 15 is 0 Å². The van der Waals surface area contributed by atoms with Gasteiger partial charge in [0.15, 0.2) is 0 Å². The van der Waals surface area contributed by atoms with Gasteiger partial charge in [-0.25, -0.2) is 4.98 Å². The molecule has 6 rings (SSSR count). The zero-order chi connectivity index (χ0) is 20.9. The van der Waals surface area contributed by atoms with E-state index in [9.17, 15) is 4.79 Å². The van der Waals surface area contributed by atoms with Gasteiger partial charge >= 0.3 is 0 Å². The lowest BCUT2D eigenvalue weighted by atomic mass is 9.83. The van der Waals surface area contributed by atoms with E-state index < -0.39 is 0 Å². The lowest BCUT2D eigenvalue weighted by molar-refractivity contribution is 0.113. The summed E-state index contributed by atoms with van der Waals surface area (Å²) in [6, 6.07) is 16.7. The summed E-state index contributed by atoms with van der Waals surface area (Å²) < 4.78 is 3.92. The van der Waals surface area contributed by atoms with Crippen LogP contribution in [0.3, 0.4) is 0 Å². The Balaban J connectivity index is 1.28. The number of piperidine rings is 1. The van der Waals surface area contributed by atoms with Gasteiger partial charge in [0.1, 0.15) is 5.82 Å². The minimum atomic E-state index is 0.0890. The first-order chi connectivity index (χ1) is 15.2. The van der Waals surface area contributed by atoms with Crippen molar-refractivity contribution in [2.24, 2.45) is 13.0 Å². The van der Waals surface area contributed by atoms with E-state index in [0.717, 1.165) is 55.3 Å². The van der Waals surface area contributed by atoms with Crippen LogP contribution in [-0.4, -0.2) is 37.1 Å². The Kier molecular flexibility index (Phi) is 4.28. The number of para-hydroxylation sites is 1. The van der Waals surface area contributed by atoms with Crippen molar-refractivity contribution in [3.63, 3.8) is 0 Å². The molecule has 2 aliphatic heterocycles. The Labute approximate surface area is 180 Å². The van der Waals surface area contributed by atoms with Crippen LogP contribution in [0.4, 0.5) is 0 Å². The van der Waals surface area contributed by atoms with Crippen LogP contribution >= 0.6 is 0 Å². The molecule has 2 aliphatic rings. The van der Waals surface area contributed by atoms with Gasteiger partial charge in [0.25, 0.3) is 5.56 Å². The number of aryl methyl sites for hydroxylation is 1. The lowest BCUT2D eigenvalue weighted by Crippen LogP contribution is -2.47. The van der Waals surface area contributed by atoms with E-state index in [2.05, 4.69) is 40.2 Å². The highest BCUT2D eigenvalue weighted by molar-refractivity contribution is 5.78. The highest BCUT2D eigenvalue weighted by Crippen LogP contribution is 2.36. The standard InChI is InChI=1S/C25H25N5O/c1-28-11-10-26-24(28)21-8-9-23-19-12-17(14-30(23)25(21)31)13-29(15-19)16-20-7-6-18-4-2-3-5-22(18)27-20/h2-11,17,19H,12-16H2,1H3/t17-,19+/m0/s1. The molecule has 1 saturated heterocycles. The predicted molar refractivity (Wildman–Crippen MR) is 121 cm³/mol. The van der Waals surface area contributed by atoms with Gasteiger partial charge in [-0.3, -0.25) is 14.7 Å². The fourth-order valence-electron chi connectivity index (χ4n) is 5.39. The molecule has 0 amide bonds. The second kappa shape index (κ2) is 7.17. The van der Waals surface area contributed by atoms with E-state index in [4.69, 9.17) is 4.98 Å². The molecule has 0 aliphatic carbocycles. The molecule has 0 radical (unpaired) electrons. The molecule has 1 fully saturated rings. The first-order valence-electron chi connectivity index (χ1n) is 10.9. The van der Waals surface area contributed by atoms with Crippen molar-refractivity contribution in [3.05, 3.63) is 82.7 Å². The fraction of sp³-hybridized carbons (Fsp3) is 0.320. The number of rotatable bonds is 3. The van der Waals surface area contributed by atoms with Crippen LogP contribution in [-0.2, 0) is 20.1 Å². The highest BCUT2D eigenvalue weighted by atomic mass is 16.1. The van der Waals surface area contributed by atoms with E-state index in [1.165, 1.54) is 5.39 Å². The molecule has 4 aromatic rings. The summed E-state index contributed by atoms with van der Waals surface area (Å²) in [7, 11) is 1.93. The van der Waals surface area contributed by atoms with Crippen LogP contribution in [0.15, 0.2) is 65.7 Å². The van der Waals surface area contributed by atoms with Crippen molar-refractivity contribution in [1.82, 2.24) is 24.0 Å². The molecule has 0 unspecified atom stereocenters. The molecule has 6 heteroatoms. The van der Waals surface area contributed by atoms with Gasteiger partial charge in [-0.1, -0.05) is 24.3 Å². The third-order valence-corrected chi connectivity index (χ3v) is 6.78. The highest BCUT2D eigenvalue weighted by Gasteiger charge is 2.35. The first kappa shape index (κ1) is 18.5. The maximum atomic E-state index is 13.3. The number of fused-ring (bicyclic) bond motifs is 5. The lowest BCUT2D eigenvalue weighted by Gasteiger charge is -2.42. The molecule has 2 bridgehead atoms. The Morgan fingerprint density at radius 1 is 1.03 bits per heavy atom. The van der Waals surface area contributed by atoms with Gasteiger partial charge in [0.2, 0.25) is 0 Å². The Morgan fingerprint density at radius 3 is 2.81 bits per heavy atom. The van der Waals surface area contributed by atoms with Crippen LogP contribution in [0.1, 0.15) is 23.7 Å². The number of likely N-dealkylation sites (tertiary alicyclic amines) is 1. The molecule has 1 aromatic carbocycles. The smallest absolute Gasteiger partial charge is 0.261 e. The zero-order valence-corrected chi connectivity index (χ0v) is 17.6. The third kappa shape index (κ3) is 3.18. The third-order valence-electron chi connectivity index (χ3n) is 6.78. The largest absolute Gasteiger partial charge is 0.334 e. The SMILES string of the molecule is Cn1ccnc1-c1ccc2n(c1=O)C[C@H]1C[C@@H]2CN(Cc2ccc3ccccc3n2)C1. The molecule has 156 valence electrons. The second-order valence-corrected chi connectivity index (χ2v) is 8.94. The summed E-state index contributed by atoms with van der Waals surface area (Å²) in [6.07, 6.45) is 4.78. The molecular weight excluding hydrogens is 386 g/mol. The van der Waals surface area contributed by atoms with Crippen LogP contribution in [0.5, 0.6) is 0 Å². The van der Waals surface area contributed by atoms with Gasteiger partial charge in [-0.15, -0.1) is 0 Å². The number of hydrogen-bond donors (Lipinski definition) is 0. The number of benzene rings is 1. The molecule has 0 N–H and O–H groups in total. The minimum Gasteiger partial charge on any atom is -0.334 e. The van der Waals surface area contributed by atoms with Gasteiger partial charge < -0.3 is 9.13 Å². The molecule has 0 spiro atoms. The molecule has 6 nitrogen and oxygen atoms in total. The molecule has 31 heavy (non-hydrogen) atoms. The van der Waals surface area contributed by atoms with Gasteiger partial charge in [0, 0.05) is 62.6 Å². The van der Waals surface area contributed by atoms with E-state index in [1.807, 2.05) is 40.6 Å². The van der Waals surface area contributed by atoms with Crippen molar-refractivity contribution < 1.29 is 0 Å². The van der Waals surface area contributed by atoms with Gasteiger partial charge in [-0.05, 0) is 36.6 Å². The Bertz CT molecular complexity index is 1340. The molecule has 2 atom stereocenters. The molecule has 5 heterocycles. The van der Waals surface area contributed by atoms with Crippen LogP contribution < -0.4 is 5.56 Å². The maximum Gasteiger partial charge on any atom is 0.261 e. The zero-order valence-electron chi connectivity index (χ0n) is 17.6. The minimum absolute atomic E-state index is 0.0890. The summed E-state index contributed by atoms with van der Waals surface area (Å²) >= 11 is 0. The van der Waals surface area contributed by atoms with Crippen molar-refractivity contribution in [2.45, 2.75) is 25.4 Å². The van der Waals surface area contributed by atoms with Gasteiger partial charge in [0.05, 0.1) is 16.8 Å². The number of aromatic nitrogens is 4. The molecular formula is C25H25N5O. The maximum absolute atomic E-state index is 13.3. The Hall–Kier alpha value is -3.25. The summed E-state index contributed by atoms with van der Waals surface area (Å²) in [6.45, 7) is 3.60. The summed E-state index contributed by atoms with van der Waals surface area (Å²) in [5, 5.41) is 1.18. The molecule has 3 aromatic heterocycles. The molecule has 0 saturated carbocycles. The van der Waals surface area contributed by atoms with E-state index in [0.29, 0.717) is 17.4 Å². The average Bonchev–Trinajstić information content (AvgIpc) is 3.20.